The van der Waals surface area contributed by atoms with E-state index in [0.717, 1.165) is 29.8 Å². The lowest BCUT2D eigenvalue weighted by molar-refractivity contribution is 0.0709. The van der Waals surface area contributed by atoms with E-state index in [2.05, 4.69) is 15.3 Å². The highest BCUT2D eigenvalue weighted by Gasteiger charge is 2.28. The van der Waals surface area contributed by atoms with E-state index >= 15 is 0 Å². The molecule has 0 bridgehead atoms. The van der Waals surface area contributed by atoms with Crippen LogP contribution in [0.5, 0.6) is 0 Å². The molecule has 3 aromatic rings. The number of carbonyl (C=O) groups excluding carboxylic acids is 1. The van der Waals surface area contributed by atoms with Gasteiger partial charge in [-0.3, -0.25) is 14.6 Å². The number of nitrogens with zero attached hydrogens (tertiary/aromatic N) is 5. The average Bonchev–Trinajstić information content (AvgIpc) is 2.78. The molecule has 3 aromatic heterocycles. The van der Waals surface area contributed by atoms with Crippen LogP contribution in [0.15, 0.2) is 47.7 Å². The number of pyridine rings is 2. The molecule has 0 radical (unpaired) electrons. The van der Waals surface area contributed by atoms with Crippen molar-refractivity contribution in [1.29, 1.82) is 0 Å². The highest BCUT2D eigenvalue weighted by molar-refractivity contribution is 5.95. The number of hydrogen-bond acceptors (Lipinski definition) is 6. The first-order chi connectivity index (χ1) is 14.9. The monoisotopic (exact) mass is 418 g/mol. The lowest BCUT2D eigenvalue weighted by atomic mass is 9.93. The van der Waals surface area contributed by atoms with Gasteiger partial charge >= 0.3 is 0 Å². The van der Waals surface area contributed by atoms with E-state index in [9.17, 15) is 9.59 Å². The van der Waals surface area contributed by atoms with E-state index in [0.29, 0.717) is 24.7 Å². The minimum Gasteiger partial charge on any atom is -0.338 e. The number of nitrogens with one attached hydrogen (secondary N) is 1. The van der Waals surface area contributed by atoms with Gasteiger partial charge in [-0.25, -0.2) is 9.97 Å². The Balaban J connectivity index is 1.45. The predicted molar refractivity (Wildman–Crippen MR) is 119 cm³/mol. The van der Waals surface area contributed by atoms with Gasteiger partial charge in [0.05, 0.1) is 11.9 Å². The second-order valence-electron chi connectivity index (χ2n) is 7.94. The molecule has 1 fully saturated rings. The van der Waals surface area contributed by atoms with Gasteiger partial charge in [-0.1, -0.05) is 6.07 Å². The Kier molecular flexibility index (Phi) is 5.79. The van der Waals surface area contributed by atoms with Crippen molar-refractivity contribution in [1.82, 2.24) is 24.4 Å². The van der Waals surface area contributed by atoms with Gasteiger partial charge in [0.15, 0.2) is 0 Å². The molecule has 1 saturated heterocycles. The van der Waals surface area contributed by atoms with Gasteiger partial charge in [-0.2, -0.15) is 0 Å². The number of amides is 1. The molecule has 0 saturated carbocycles. The van der Waals surface area contributed by atoms with Crippen molar-refractivity contribution in [2.75, 3.05) is 18.4 Å². The zero-order chi connectivity index (χ0) is 22.0. The number of rotatable bonds is 4. The summed E-state index contributed by atoms with van der Waals surface area (Å²) in [6.45, 7) is 4.86. The molecule has 0 atom stereocenters. The number of anilines is 2. The number of likely N-dealkylation sites (tertiary alicyclic amines) is 1. The van der Waals surface area contributed by atoms with Crippen LogP contribution >= 0.6 is 0 Å². The van der Waals surface area contributed by atoms with Crippen molar-refractivity contribution in [2.45, 2.75) is 32.6 Å². The molecule has 0 unspecified atom stereocenters. The maximum absolute atomic E-state index is 13.1. The third kappa shape index (κ3) is 4.33. The van der Waals surface area contributed by atoms with Crippen LogP contribution in [0.2, 0.25) is 0 Å². The maximum atomic E-state index is 13.1. The lowest BCUT2D eigenvalue weighted by Crippen LogP contribution is -2.41. The summed E-state index contributed by atoms with van der Waals surface area (Å²) < 4.78 is 1.53. The van der Waals surface area contributed by atoms with Gasteiger partial charge in [0.2, 0.25) is 0 Å². The van der Waals surface area contributed by atoms with E-state index in [1.54, 1.807) is 30.5 Å². The summed E-state index contributed by atoms with van der Waals surface area (Å²) in [5, 5.41) is 3.17. The fourth-order valence-electron chi connectivity index (χ4n) is 3.98. The molecule has 8 heteroatoms. The number of carbonyl (C=O) groups is 1. The van der Waals surface area contributed by atoms with E-state index in [-0.39, 0.29) is 22.9 Å². The Morgan fingerprint density at radius 3 is 2.61 bits per heavy atom. The zero-order valence-electron chi connectivity index (χ0n) is 18.0. The summed E-state index contributed by atoms with van der Waals surface area (Å²) in [4.78, 5) is 40.8. The van der Waals surface area contributed by atoms with Crippen molar-refractivity contribution >= 4 is 17.5 Å². The van der Waals surface area contributed by atoms with Crippen LogP contribution in [0.1, 0.15) is 46.1 Å². The number of aromatic nitrogens is 4. The third-order valence-electron chi connectivity index (χ3n) is 5.86. The molecule has 4 rings (SSSR count). The summed E-state index contributed by atoms with van der Waals surface area (Å²) in [7, 11) is 1.70. The second-order valence-corrected chi connectivity index (χ2v) is 7.94. The number of piperidine rings is 1. The van der Waals surface area contributed by atoms with Gasteiger partial charge in [0, 0.05) is 44.1 Å². The summed E-state index contributed by atoms with van der Waals surface area (Å²) in [6.07, 6.45) is 6.73. The lowest BCUT2D eigenvalue weighted by Gasteiger charge is -2.32. The summed E-state index contributed by atoms with van der Waals surface area (Å²) in [6, 6.07) is 7.52. The van der Waals surface area contributed by atoms with Crippen molar-refractivity contribution in [3.05, 3.63) is 75.7 Å². The van der Waals surface area contributed by atoms with Crippen LogP contribution in [-0.4, -0.2) is 43.4 Å². The van der Waals surface area contributed by atoms with Gasteiger partial charge < -0.3 is 14.8 Å². The fourth-order valence-corrected chi connectivity index (χ4v) is 3.98. The Labute approximate surface area is 181 Å². The highest BCUT2D eigenvalue weighted by atomic mass is 16.2. The van der Waals surface area contributed by atoms with Gasteiger partial charge in [0.25, 0.3) is 11.5 Å². The average molecular weight is 419 g/mol. The molecule has 1 aliphatic heterocycles. The molecule has 4 heterocycles. The van der Waals surface area contributed by atoms with Crippen LogP contribution < -0.4 is 10.9 Å². The van der Waals surface area contributed by atoms with Crippen molar-refractivity contribution in [3.63, 3.8) is 0 Å². The molecule has 1 aliphatic rings. The molecule has 1 amide bonds. The molecule has 1 N–H and O–H groups in total. The topological polar surface area (TPSA) is 93.0 Å². The molecule has 0 spiro atoms. The van der Waals surface area contributed by atoms with Crippen molar-refractivity contribution < 1.29 is 4.79 Å². The molecule has 160 valence electrons. The minimum atomic E-state index is -0.233. The normalized spacial score (nSPS) is 14.5. The zero-order valence-corrected chi connectivity index (χ0v) is 18.0. The first kappa shape index (κ1) is 20.7. The minimum absolute atomic E-state index is 0.187. The standard InChI is InChI=1S/C23H26N6O2/c1-15-12-16(2)28(3)22(30)21(15)23(31)29-10-7-17(8-11-29)18-13-24-14-20(26-18)27-19-6-4-5-9-25-19/h4-6,9,12-14,17H,7-8,10-11H2,1-3H3,(H,25,26,27). The van der Waals surface area contributed by atoms with Gasteiger partial charge in [-0.15, -0.1) is 0 Å². The van der Waals surface area contributed by atoms with Crippen molar-refractivity contribution in [2.24, 2.45) is 7.05 Å². The quantitative estimate of drug-likeness (QED) is 0.700. The predicted octanol–water partition coefficient (Wildman–Crippen LogP) is 2.95. The summed E-state index contributed by atoms with van der Waals surface area (Å²) in [5.41, 5.74) is 2.51. The smallest absolute Gasteiger partial charge is 0.263 e. The SMILES string of the molecule is Cc1cc(C)n(C)c(=O)c1C(=O)N1CCC(c2cncc(Nc3ccccn3)n2)CC1. The van der Waals surface area contributed by atoms with E-state index in [1.807, 2.05) is 38.1 Å². The van der Waals surface area contributed by atoms with Crippen LogP contribution in [-0.2, 0) is 7.05 Å². The summed E-state index contributed by atoms with van der Waals surface area (Å²) in [5.74, 6) is 1.38. The summed E-state index contributed by atoms with van der Waals surface area (Å²) >= 11 is 0. The molecule has 0 aliphatic carbocycles. The van der Waals surface area contributed by atoms with E-state index in [1.165, 1.54) is 4.57 Å². The number of aryl methyl sites for hydroxylation is 2. The molecular formula is C23H26N6O2. The highest BCUT2D eigenvalue weighted by Crippen LogP contribution is 2.28. The molecule has 0 aromatic carbocycles. The van der Waals surface area contributed by atoms with Crippen molar-refractivity contribution in [3.8, 4) is 0 Å². The van der Waals surface area contributed by atoms with Gasteiger partial charge in [0.1, 0.15) is 17.2 Å². The fraction of sp³-hybridized carbons (Fsp3) is 0.348. The Hall–Kier alpha value is -3.55. The maximum Gasteiger partial charge on any atom is 0.263 e. The Morgan fingerprint density at radius 1 is 1.13 bits per heavy atom. The van der Waals surface area contributed by atoms with Crippen LogP contribution in [0.4, 0.5) is 11.6 Å². The number of hydrogen-bond donors (Lipinski definition) is 1. The van der Waals surface area contributed by atoms with Crippen LogP contribution in [0.3, 0.4) is 0 Å². The third-order valence-corrected chi connectivity index (χ3v) is 5.86. The molecular weight excluding hydrogens is 392 g/mol. The van der Waals surface area contributed by atoms with Crippen LogP contribution in [0, 0.1) is 13.8 Å². The Morgan fingerprint density at radius 2 is 1.90 bits per heavy atom. The van der Waals surface area contributed by atoms with E-state index in [4.69, 9.17) is 4.98 Å². The first-order valence-electron chi connectivity index (χ1n) is 10.4. The van der Waals surface area contributed by atoms with E-state index < -0.39 is 0 Å². The molecule has 8 nitrogen and oxygen atoms in total. The van der Waals surface area contributed by atoms with Gasteiger partial charge in [-0.05, 0) is 50.5 Å². The van der Waals surface area contributed by atoms with Crippen LogP contribution in [0.25, 0.3) is 0 Å². The molecule has 31 heavy (non-hydrogen) atoms. The second kappa shape index (κ2) is 8.67. The Bertz CT molecular complexity index is 1150. The largest absolute Gasteiger partial charge is 0.338 e. The first-order valence-corrected chi connectivity index (χ1v) is 10.4.